The molecule has 0 saturated heterocycles. The van der Waals surface area contributed by atoms with Crippen molar-refractivity contribution in [3.63, 3.8) is 0 Å². The maximum absolute atomic E-state index is 11.6. The van der Waals surface area contributed by atoms with Crippen molar-refractivity contribution in [1.82, 2.24) is 5.32 Å². The van der Waals surface area contributed by atoms with Gasteiger partial charge in [-0.3, -0.25) is 4.79 Å². The lowest BCUT2D eigenvalue weighted by Crippen LogP contribution is -2.24. The number of rotatable bonds is 6. The fraction of sp³-hybridized carbons (Fsp3) is 0.267. The molecule has 4 heteroatoms. The molecule has 1 N–H and O–H groups in total. The predicted molar refractivity (Wildman–Crippen MR) is 77.9 cm³/mol. The monoisotopic (exact) mass is 275 g/mol. The minimum Gasteiger partial charge on any atom is -0.468 e. The molecule has 0 saturated carbocycles. The zero-order valence-electron chi connectivity index (χ0n) is 10.9. The lowest BCUT2D eigenvalue weighted by Gasteiger charge is -2.05. The van der Waals surface area contributed by atoms with Gasteiger partial charge in [0.15, 0.2) is 0 Å². The Bertz CT molecular complexity index is 505. The first-order valence-corrected chi connectivity index (χ1v) is 7.32. The summed E-state index contributed by atoms with van der Waals surface area (Å²) in [6.45, 7) is 2.63. The summed E-state index contributed by atoms with van der Waals surface area (Å²) < 4.78 is 5.20. The van der Waals surface area contributed by atoms with Gasteiger partial charge in [-0.15, -0.1) is 11.8 Å². The lowest BCUT2D eigenvalue weighted by molar-refractivity contribution is -0.118. The first-order valence-electron chi connectivity index (χ1n) is 6.16. The number of amides is 1. The van der Waals surface area contributed by atoms with Gasteiger partial charge in [0.2, 0.25) is 5.91 Å². The quantitative estimate of drug-likeness (QED) is 0.880. The van der Waals surface area contributed by atoms with Crippen LogP contribution in [0.15, 0.2) is 47.1 Å². The molecule has 2 aromatic rings. The Morgan fingerprint density at radius 2 is 2.05 bits per heavy atom. The van der Waals surface area contributed by atoms with Crippen LogP contribution in [0, 0.1) is 6.92 Å². The van der Waals surface area contributed by atoms with E-state index in [0.29, 0.717) is 12.3 Å². The normalized spacial score (nSPS) is 10.4. The molecule has 0 aliphatic heterocycles. The molecule has 2 rings (SSSR count). The van der Waals surface area contributed by atoms with Crippen LogP contribution >= 0.6 is 11.8 Å². The molecule has 0 radical (unpaired) electrons. The van der Waals surface area contributed by atoms with E-state index >= 15 is 0 Å². The molecule has 0 fully saturated rings. The highest BCUT2D eigenvalue weighted by Crippen LogP contribution is 2.12. The van der Waals surface area contributed by atoms with Crippen molar-refractivity contribution in [3.05, 3.63) is 59.5 Å². The minimum atomic E-state index is 0.0529. The molecule has 0 spiro atoms. The summed E-state index contributed by atoms with van der Waals surface area (Å²) in [5.74, 6) is 2.13. The Hall–Kier alpha value is -1.68. The smallest absolute Gasteiger partial charge is 0.230 e. The van der Waals surface area contributed by atoms with Crippen molar-refractivity contribution in [2.45, 2.75) is 19.2 Å². The summed E-state index contributed by atoms with van der Waals surface area (Å²) >= 11 is 1.55. The highest BCUT2D eigenvalue weighted by atomic mass is 32.2. The van der Waals surface area contributed by atoms with Crippen LogP contribution in [0.2, 0.25) is 0 Å². The van der Waals surface area contributed by atoms with E-state index in [1.54, 1.807) is 18.0 Å². The van der Waals surface area contributed by atoms with Crippen molar-refractivity contribution in [2.24, 2.45) is 0 Å². The molecular formula is C15H17NO2S. The topological polar surface area (TPSA) is 42.2 Å². The summed E-state index contributed by atoms with van der Waals surface area (Å²) in [7, 11) is 0. The van der Waals surface area contributed by atoms with Gasteiger partial charge in [0.05, 0.1) is 17.8 Å². The van der Waals surface area contributed by atoms with Crippen LogP contribution in [-0.4, -0.2) is 11.7 Å². The SMILES string of the molecule is Cc1ccc(CNC(=O)CSCc2ccco2)cc1. The number of carbonyl (C=O) groups excluding carboxylic acids is 1. The largest absolute Gasteiger partial charge is 0.468 e. The Kier molecular flexibility index (Phi) is 5.10. The van der Waals surface area contributed by atoms with Gasteiger partial charge >= 0.3 is 0 Å². The first-order chi connectivity index (χ1) is 9.24. The van der Waals surface area contributed by atoms with E-state index in [1.807, 2.05) is 43.3 Å². The highest BCUT2D eigenvalue weighted by molar-refractivity contribution is 7.99. The Morgan fingerprint density at radius 3 is 2.74 bits per heavy atom. The summed E-state index contributed by atoms with van der Waals surface area (Å²) in [5.41, 5.74) is 2.35. The Balaban J connectivity index is 1.65. The third-order valence-corrected chi connectivity index (χ3v) is 3.62. The second-order valence-corrected chi connectivity index (χ2v) is 5.32. The van der Waals surface area contributed by atoms with Crippen LogP contribution in [0.3, 0.4) is 0 Å². The number of thioether (sulfide) groups is 1. The summed E-state index contributed by atoms with van der Waals surface area (Å²) in [4.78, 5) is 11.6. The maximum Gasteiger partial charge on any atom is 0.230 e. The van der Waals surface area contributed by atoms with Crippen LogP contribution in [0.4, 0.5) is 0 Å². The number of hydrogen-bond donors (Lipinski definition) is 1. The van der Waals surface area contributed by atoms with Crippen LogP contribution in [0.25, 0.3) is 0 Å². The maximum atomic E-state index is 11.6. The molecule has 19 heavy (non-hydrogen) atoms. The standard InChI is InChI=1S/C15H17NO2S/c1-12-4-6-13(7-5-12)9-16-15(17)11-19-10-14-3-2-8-18-14/h2-8H,9-11H2,1H3,(H,16,17). The molecule has 1 heterocycles. The summed E-state index contributed by atoms with van der Waals surface area (Å²) in [6, 6.07) is 11.9. The second-order valence-electron chi connectivity index (χ2n) is 4.33. The molecule has 1 aromatic carbocycles. The van der Waals surface area contributed by atoms with Gasteiger partial charge in [0.25, 0.3) is 0 Å². The fourth-order valence-electron chi connectivity index (χ4n) is 1.60. The van der Waals surface area contributed by atoms with Crippen molar-refractivity contribution < 1.29 is 9.21 Å². The Morgan fingerprint density at radius 1 is 1.26 bits per heavy atom. The van der Waals surface area contributed by atoms with E-state index in [9.17, 15) is 4.79 Å². The predicted octanol–water partition coefficient (Wildman–Crippen LogP) is 3.14. The van der Waals surface area contributed by atoms with Crippen molar-refractivity contribution in [3.8, 4) is 0 Å². The summed E-state index contributed by atoms with van der Waals surface area (Å²) in [5, 5.41) is 2.91. The molecule has 0 aliphatic carbocycles. The number of benzene rings is 1. The van der Waals surface area contributed by atoms with Gasteiger partial charge in [-0.2, -0.15) is 0 Å². The van der Waals surface area contributed by atoms with Gasteiger partial charge in [0, 0.05) is 6.54 Å². The molecule has 1 aromatic heterocycles. The van der Waals surface area contributed by atoms with Crippen LogP contribution in [-0.2, 0) is 17.1 Å². The van der Waals surface area contributed by atoms with Crippen LogP contribution in [0.5, 0.6) is 0 Å². The van der Waals surface area contributed by atoms with E-state index in [2.05, 4.69) is 5.32 Å². The van der Waals surface area contributed by atoms with Gasteiger partial charge in [0.1, 0.15) is 5.76 Å². The van der Waals surface area contributed by atoms with E-state index in [-0.39, 0.29) is 5.91 Å². The first kappa shape index (κ1) is 13.7. The molecular weight excluding hydrogens is 258 g/mol. The van der Waals surface area contributed by atoms with E-state index in [1.165, 1.54) is 5.56 Å². The highest BCUT2D eigenvalue weighted by Gasteiger charge is 2.03. The number of furan rings is 1. The number of aryl methyl sites for hydroxylation is 1. The second kappa shape index (κ2) is 7.04. The van der Waals surface area contributed by atoms with Crippen LogP contribution < -0.4 is 5.32 Å². The average Bonchev–Trinajstić information content (AvgIpc) is 2.91. The van der Waals surface area contributed by atoms with Crippen LogP contribution in [0.1, 0.15) is 16.9 Å². The Labute approximate surface area is 117 Å². The van der Waals surface area contributed by atoms with Crippen molar-refractivity contribution >= 4 is 17.7 Å². The number of hydrogen-bond acceptors (Lipinski definition) is 3. The summed E-state index contributed by atoms with van der Waals surface area (Å²) in [6.07, 6.45) is 1.65. The molecule has 100 valence electrons. The molecule has 0 bridgehead atoms. The molecule has 0 atom stereocenters. The van der Waals surface area contributed by atoms with Gasteiger partial charge < -0.3 is 9.73 Å². The number of nitrogens with one attached hydrogen (secondary N) is 1. The van der Waals surface area contributed by atoms with Gasteiger partial charge in [-0.25, -0.2) is 0 Å². The van der Waals surface area contributed by atoms with E-state index in [0.717, 1.165) is 17.1 Å². The molecule has 1 amide bonds. The number of carbonyl (C=O) groups is 1. The molecule has 0 unspecified atom stereocenters. The van der Waals surface area contributed by atoms with E-state index in [4.69, 9.17) is 4.42 Å². The zero-order valence-corrected chi connectivity index (χ0v) is 11.7. The third kappa shape index (κ3) is 4.83. The van der Waals surface area contributed by atoms with E-state index < -0.39 is 0 Å². The third-order valence-electron chi connectivity index (χ3n) is 2.67. The van der Waals surface area contributed by atoms with Gasteiger partial charge in [-0.05, 0) is 24.6 Å². The van der Waals surface area contributed by atoms with Crippen molar-refractivity contribution in [2.75, 3.05) is 5.75 Å². The lowest BCUT2D eigenvalue weighted by atomic mass is 10.1. The zero-order chi connectivity index (χ0) is 13.5. The van der Waals surface area contributed by atoms with Crippen molar-refractivity contribution in [1.29, 1.82) is 0 Å². The fourth-order valence-corrected chi connectivity index (χ4v) is 2.35. The molecule has 0 aliphatic rings. The average molecular weight is 275 g/mol. The minimum absolute atomic E-state index is 0.0529. The molecule has 3 nitrogen and oxygen atoms in total. The van der Waals surface area contributed by atoms with Gasteiger partial charge in [-0.1, -0.05) is 29.8 Å².